The Bertz CT molecular complexity index is 261. The monoisotopic (exact) mass is 238 g/mol. The first-order chi connectivity index (χ1) is 8.17. The summed E-state index contributed by atoms with van der Waals surface area (Å²) in [6.45, 7) is 11.7. The van der Waals surface area contributed by atoms with E-state index in [4.69, 9.17) is 14.2 Å². The van der Waals surface area contributed by atoms with Gasteiger partial charge >= 0.3 is 0 Å². The Morgan fingerprint density at radius 2 is 1.35 bits per heavy atom. The van der Waals surface area contributed by atoms with Gasteiger partial charge in [0.05, 0.1) is 24.4 Å². The summed E-state index contributed by atoms with van der Waals surface area (Å²) in [4.78, 5) is 0. The summed E-state index contributed by atoms with van der Waals surface area (Å²) in [5.74, 6) is 0. The molecule has 2 fully saturated rings. The molecule has 2 aliphatic heterocycles. The molecule has 0 aliphatic carbocycles. The first-order valence-electron chi connectivity index (χ1n) is 6.35. The van der Waals surface area contributed by atoms with Crippen LogP contribution in [-0.4, -0.2) is 36.6 Å². The van der Waals surface area contributed by atoms with Crippen molar-refractivity contribution in [3.05, 3.63) is 25.3 Å². The molecule has 3 heteroatoms. The van der Waals surface area contributed by atoms with E-state index in [0.717, 1.165) is 12.8 Å². The van der Waals surface area contributed by atoms with E-state index in [2.05, 4.69) is 27.0 Å². The molecule has 3 nitrogen and oxygen atoms in total. The molecule has 6 unspecified atom stereocenters. The van der Waals surface area contributed by atoms with Crippen LogP contribution < -0.4 is 0 Å². The molecule has 0 amide bonds. The van der Waals surface area contributed by atoms with Gasteiger partial charge in [-0.2, -0.15) is 0 Å². The molecule has 0 N–H and O–H groups in total. The predicted molar refractivity (Wildman–Crippen MR) is 67.0 cm³/mol. The lowest BCUT2D eigenvalue weighted by molar-refractivity contribution is -0.0345. The van der Waals surface area contributed by atoms with Crippen LogP contribution in [0, 0.1) is 0 Å². The van der Waals surface area contributed by atoms with Gasteiger partial charge in [0, 0.05) is 0 Å². The van der Waals surface area contributed by atoms with Gasteiger partial charge in [0.15, 0.2) is 0 Å². The Hall–Kier alpha value is -0.640. The van der Waals surface area contributed by atoms with Crippen molar-refractivity contribution in [3.8, 4) is 0 Å². The van der Waals surface area contributed by atoms with Crippen molar-refractivity contribution >= 4 is 0 Å². The highest BCUT2D eigenvalue weighted by atomic mass is 16.6. The van der Waals surface area contributed by atoms with E-state index in [0.29, 0.717) is 12.2 Å². The Balaban J connectivity index is 1.89. The molecule has 0 saturated carbocycles. The lowest BCUT2D eigenvalue weighted by Gasteiger charge is -2.21. The zero-order chi connectivity index (χ0) is 12.4. The molecule has 0 aromatic rings. The fourth-order valence-electron chi connectivity index (χ4n) is 2.27. The maximum atomic E-state index is 6.13. The third kappa shape index (κ3) is 3.18. The SMILES string of the molecule is C=CCC(OC(CC=C)C1OC1C)C1OC1C. The summed E-state index contributed by atoms with van der Waals surface area (Å²) in [5.41, 5.74) is 0. The maximum absolute atomic E-state index is 6.13. The van der Waals surface area contributed by atoms with E-state index in [1.54, 1.807) is 0 Å². The smallest absolute Gasteiger partial charge is 0.110 e. The fourth-order valence-corrected chi connectivity index (χ4v) is 2.27. The third-order valence-corrected chi connectivity index (χ3v) is 3.40. The van der Waals surface area contributed by atoms with Crippen LogP contribution in [0.2, 0.25) is 0 Å². The van der Waals surface area contributed by atoms with Crippen LogP contribution in [-0.2, 0) is 14.2 Å². The first kappa shape index (κ1) is 12.8. The van der Waals surface area contributed by atoms with Gasteiger partial charge in [-0.25, -0.2) is 0 Å². The van der Waals surface area contributed by atoms with E-state index in [1.165, 1.54) is 0 Å². The van der Waals surface area contributed by atoms with Crippen LogP contribution in [0.25, 0.3) is 0 Å². The number of epoxide rings is 2. The molecule has 0 bridgehead atoms. The van der Waals surface area contributed by atoms with E-state index < -0.39 is 0 Å². The van der Waals surface area contributed by atoms with Gasteiger partial charge in [-0.15, -0.1) is 13.2 Å². The van der Waals surface area contributed by atoms with Gasteiger partial charge in [-0.3, -0.25) is 0 Å². The molecule has 0 aromatic carbocycles. The summed E-state index contributed by atoms with van der Waals surface area (Å²) < 4.78 is 17.1. The van der Waals surface area contributed by atoms with Crippen molar-refractivity contribution in [3.63, 3.8) is 0 Å². The zero-order valence-corrected chi connectivity index (χ0v) is 10.7. The second kappa shape index (κ2) is 5.34. The molecule has 96 valence electrons. The minimum atomic E-state index is 0.101. The number of rotatable bonds is 8. The van der Waals surface area contributed by atoms with E-state index in [1.807, 2.05) is 12.2 Å². The number of hydrogen-bond donors (Lipinski definition) is 0. The Morgan fingerprint density at radius 3 is 1.59 bits per heavy atom. The highest BCUT2D eigenvalue weighted by Crippen LogP contribution is 2.34. The average Bonchev–Trinajstić information content (AvgIpc) is 3.17. The first-order valence-corrected chi connectivity index (χ1v) is 6.35. The molecule has 2 rings (SSSR count). The van der Waals surface area contributed by atoms with Gasteiger partial charge in [-0.1, -0.05) is 12.2 Å². The van der Waals surface area contributed by atoms with Crippen molar-refractivity contribution in [2.45, 2.75) is 63.3 Å². The quantitative estimate of drug-likeness (QED) is 0.481. The van der Waals surface area contributed by atoms with Gasteiger partial charge in [0.25, 0.3) is 0 Å². The molecule has 6 atom stereocenters. The van der Waals surface area contributed by atoms with Crippen LogP contribution >= 0.6 is 0 Å². The Morgan fingerprint density at radius 1 is 1.00 bits per heavy atom. The highest BCUT2D eigenvalue weighted by molar-refractivity contribution is 4.97. The molecule has 0 aromatic heterocycles. The standard InChI is InChI=1S/C14H22O3/c1-5-7-11(13-9(3)15-13)17-12(8-6-2)14-10(4)16-14/h5-6,9-14H,1-2,7-8H2,3-4H3. The molecule has 0 radical (unpaired) electrons. The number of ether oxygens (including phenoxy) is 3. The minimum absolute atomic E-state index is 0.101. The van der Waals surface area contributed by atoms with Crippen LogP contribution in [0.4, 0.5) is 0 Å². The topological polar surface area (TPSA) is 34.3 Å². The predicted octanol–water partition coefficient (Wildman–Crippen LogP) is 2.47. The van der Waals surface area contributed by atoms with Crippen LogP contribution in [0.15, 0.2) is 25.3 Å². The molecule has 17 heavy (non-hydrogen) atoms. The average molecular weight is 238 g/mol. The maximum Gasteiger partial charge on any atom is 0.110 e. The summed E-state index contributed by atoms with van der Waals surface area (Å²) in [6, 6.07) is 0. The van der Waals surface area contributed by atoms with E-state index >= 15 is 0 Å². The molecule has 0 spiro atoms. The minimum Gasteiger partial charge on any atom is -0.369 e. The summed E-state index contributed by atoms with van der Waals surface area (Å²) in [7, 11) is 0. The van der Waals surface area contributed by atoms with Gasteiger partial charge < -0.3 is 14.2 Å². The van der Waals surface area contributed by atoms with Crippen molar-refractivity contribution < 1.29 is 14.2 Å². The van der Waals surface area contributed by atoms with E-state index in [9.17, 15) is 0 Å². The zero-order valence-electron chi connectivity index (χ0n) is 10.7. The second-order valence-electron chi connectivity index (χ2n) is 4.87. The molecular weight excluding hydrogens is 216 g/mol. The lowest BCUT2D eigenvalue weighted by atomic mass is 10.1. The summed E-state index contributed by atoms with van der Waals surface area (Å²) >= 11 is 0. The van der Waals surface area contributed by atoms with Gasteiger partial charge in [0.1, 0.15) is 12.2 Å². The molecule has 2 heterocycles. The van der Waals surface area contributed by atoms with Crippen LogP contribution in [0.1, 0.15) is 26.7 Å². The van der Waals surface area contributed by atoms with Crippen molar-refractivity contribution in [1.29, 1.82) is 0 Å². The molecule has 2 saturated heterocycles. The van der Waals surface area contributed by atoms with Crippen molar-refractivity contribution in [2.75, 3.05) is 0 Å². The fraction of sp³-hybridized carbons (Fsp3) is 0.714. The Kier molecular flexibility index (Phi) is 4.02. The molecular formula is C14H22O3. The van der Waals surface area contributed by atoms with Crippen LogP contribution in [0.5, 0.6) is 0 Å². The van der Waals surface area contributed by atoms with Gasteiger partial charge in [0.2, 0.25) is 0 Å². The summed E-state index contributed by atoms with van der Waals surface area (Å²) in [5, 5.41) is 0. The van der Waals surface area contributed by atoms with E-state index in [-0.39, 0.29) is 24.4 Å². The van der Waals surface area contributed by atoms with Crippen molar-refractivity contribution in [1.82, 2.24) is 0 Å². The Labute approximate surface area is 103 Å². The van der Waals surface area contributed by atoms with Crippen LogP contribution in [0.3, 0.4) is 0 Å². The number of hydrogen-bond acceptors (Lipinski definition) is 3. The molecule has 2 aliphatic rings. The van der Waals surface area contributed by atoms with Gasteiger partial charge in [-0.05, 0) is 26.7 Å². The second-order valence-corrected chi connectivity index (χ2v) is 4.87. The summed E-state index contributed by atoms with van der Waals surface area (Å²) in [6.07, 6.45) is 6.68. The third-order valence-electron chi connectivity index (χ3n) is 3.40. The largest absolute Gasteiger partial charge is 0.369 e. The highest BCUT2D eigenvalue weighted by Gasteiger charge is 2.47. The normalized spacial score (nSPS) is 38.2. The van der Waals surface area contributed by atoms with Crippen molar-refractivity contribution in [2.24, 2.45) is 0 Å². The lowest BCUT2D eigenvalue weighted by Crippen LogP contribution is -2.31.